The standard InChI is InChI=1S/C17H21ClN4O3S/c1-12-5-6-14(8-15(12)18)20-17(23)13-4-3-7-22(9-13)26(24,25)16-10-21(2)11-19-16/h5-6,8,10-11,13H,3-4,7,9H2,1-2H3,(H,20,23)/t13-/m1/s1. The zero-order valence-corrected chi connectivity index (χ0v) is 16.2. The largest absolute Gasteiger partial charge is 0.339 e. The number of carbonyl (C=O) groups excluding carboxylic acids is 1. The molecule has 0 unspecified atom stereocenters. The number of hydrogen-bond acceptors (Lipinski definition) is 4. The van der Waals surface area contributed by atoms with Crippen LogP contribution in [0.2, 0.25) is 5.02 Å². The number of anilines is 1. The number of carbonyl (C=O) groups is 1. The number of imidazole rings is 1. The zero-order valence-electron chi connectivity index (χ0n) is 14.6. The Morgan fingerprint density at radius 1 is 1.38 bits per heavy atom. The SMILES string of the molecule is Cc1ccc(NC(=O)[C@@H]2CCCN(S(=O)(=O)c3cn(C)cn3)C2)cc1Cl. The predicted molar refractivity (Wildman–Crippen MR) is 99.5 cm³/mol. The van der Waals surface area contributed by atoms with Crippen molar-refractivity contribution in [2.24, 2.45) is 13.0 Å². The Hall–Kier alpha value is -1.90. The van der Waals surface area contributed by atoms with Gasteiger partial charge in [0, 0.05) is 37.0 Å². The molecule has 9 heteroatoms. The minimum Gasteiger partial charge on any atom is -0.339 e. The summed E-state index contributed by atoms with van der Waals surface area (Å²) in [6.45, 7) is 2.42. The van der Waals surface area contributed by atoms with E-state index in [1.807, 2.05) is 13.0 Å². The van der Waals surface area contributed by atoms with Crippen molar-refractivity contribution < 1.29 is 13.2 Å². The van der Waals surface area contributed by atoms with Crippen LogP contribution in [0.25, 0.3) is 0 Å². The van der Waals surface area contributed by atoms with Crippen molar-refractivity contribution in [3.63, 3.8) is 0 Å². The van der Waals surface area contributed by atoms with Gasteiger partial charge < -0.3 is 9.88 Å². The lowest BCUT2D eigenvalue weighted by molar-refractivity contribution is -0.120. The first-order valence-electron chi connectivity index (χ1n) is 8.32. The van der Waals surface area contributed by atoms with Crippen molar-refractivity contribution in [2.45, 2.75) is 24.8 Å². The molecule has 0 spiro atoms. The van der Waals surface area contributed by atoms with Crippen LogP contribution < -0.4 is 5.32 Å². The molecule has 0 radical (unpaired) electrons. The summed E-state index contributed by atoms with van der Waals surface area (Å²) in [6.07, 6.45) is 4.17. The van der Waals surface area contributed by atoms with E-state index in [9.17, 15) is 13.2 Å². The summed E-state index contributed by atoms with van der Waals surface area (Å²) in [5.41, 5.74) is 1.53. The van der Waals surface area contributed by atoms with Gasteiger partial charge >= 0.3 is 0 Å². The number of hydrogen-bond donors (Lipinski definition) is 1. The van der Waals surface area contributed by atoms with Gasteiger partial charge in [-0.25, -0.2) is 13.4 Å². The smallest absolute Gasteiger partial charge is 0.262 e. The van der Waals surface area contributed by atoms with E-state index < -0.39 is 15.9 Å². The van der Waals surface area contributed by atoms with Crippen LogP contribution in [0.1, 0.15) is 18.4 Å². The summed E-state index contributed by atoms with van der Waals surface area (Å²) >= 11 is 6.09. The summed E-state index contributed by atoms with van der Waals surface area (Å²) in [4.78, 5) is 16.5. The molecule has 3 rings (SSSR count). The van der Waals surface area contributed by atoms with Crippen LogP contribution in [-0.2, 0) is 21.9 Å². The van der Waals surface area contributed by atoms with Gasteiger partial charge in [0.2, 0.25) is 5.91 Å². The third-order valence-electron chi connectivity index (χ3n) is 4.48. The fraction of sp³-hybridized carbons (Fsp3) is 0.412. The second-order valence-electron chi connectivity index (χ2n) is 6.53. The Morgan fingerprint density at radius 2 is 2.15 bits per heavy atom. The second-order valence-corrected chi connectivity index (χ2v) is 8.82. The molecule has 1 saturated heterocycles. The Morgan fingerprint density at radius 3 is 2.81 bits per heavy atom. The summed E-state index contributed by atoms with van der Waals surface area (Å²) in [7, 11) is -1.98. The summed E-state index contributed by atoms with van der Waals surface area (Å²) in [6, 6.07) is 5.31. The van der Waals surface area contributed by atoms with Crippen molar-refractivity contribution in [2.75, 3.05) is 18.4 Å². The fourth-order valence-corrected chi connectivity index (χ4v) is 4.61. The number of sulfonamides is 1. The quantitative estimate of drug-likeness (QED) is 0.860. The van der Waals surface area contributed by atoms with Crippen molar-refractivity contribution in [1.82, 2.24) is 13.9 Å². The highest BCUT2D eigenvalue weighted by molar-refractivity contribution is 7.89. The highest BCUT2D eigenvalue weighted by Crippen LogP contribution is 2.25. The average molecular weight is 397 g/mol. The fourth-order valence-electron chi connectivity index (χ4n) is 2.94. The van der Waals surface area contributed by atoms with E-state index in [0.717, 1.165) is 5.56 Å². The topological polar surface area (TPSA) is 84.3 Å². The molecule has 0 bridgehead atoms. The molecular formula is C17H21ClN4O3S. The van der Waals surface area contributed by atoms with Crippen molar-refractivity contribution in [3.05, 3.63) is 41.3 Å². The number of nitrogens with one attached hydrogen (secondary N) is 1. The van der Waals surface area contributed by atoms with E-state index in [0.29, 0.717) is 30.1 Å². The Labute approximate surface area is 158 Å². The number of aromatic nitrogens is 2. The van der Waals surface area contributed by atoms with Crippen molar-refractivity contribution in [1.29, 1.82) is 0 Å². The number of nitrogens with zero attached hydrogens (tertiary/aromatic N) is 3. The minimum absolute atomic E-state index is 0.00590. The number of aryl methyl sites for hydroxylation is 2. The third-order valence-corrected chi connectivity index (χ3v) is 6.64. The Bertz CT molecular complexity index is 926. The first-order chi connectivity index (χ1) is 12.3. The molecule has 2 aromatic rings. The lowest BCUT2D eigenvalue weighted by Gasteiger charge is -2.30. The van der Waals surface area contributed by atoms with Crippen molar-refractivity contribution in [3.8, 4) is 0 Å². The maximum absolute atomic E-state index is 12.7. The number of halogens is 1. The van der Waals surface area contributed by atoms with Gasteiger partial charge in [-0.2, -0.15) is 4.31 Å². The first kappa shape index (κ1) is 18.9. The molecule has 0 saturated carbocycles. The van der Waals surface area contributed by atoms with Gasteiger partial charge in [-0.1, -0.05) is 17.7 Å². The van der Waals surface area contributed by atoms with E-state index in [1.54, 1.807) is 23.7 Å². The van der Waals surface area contributed by atoms with Gasteiger partial charge in [0.1, 0.15) is 0 Å². The maximum atomic E-state index is 12.7. The van der Waals surface area contributed by atoms with Gasteiger partial charge in [0.25, 0.3) is 10.0 Å². The minimum atomic E-state index is -3.69. The molecule has 1 aliphatic rings. The Kier molecular flexibility index (Phi) is 5.36. The summed E-state index contributed by atoms with van der Waals surface area (Å²) in [5, 5.41) is 3.41. The molecule has 1 amide bonds. The lowest BCUT2D eigenvalue weighted by atomic mass is 9.98. The van der Waals surface area contributed by atoms with Crippen LogP contribution in [0, 0.1) is 12.8 Å². The lowest BCUT2D eigenvalue weighted by Crippen LogP contribution is -2.43. The van der Waals surface area contributed by atoms with Crippen LogP contribution in [0.15, 0.2) is 35.7 Å². The monoisotopic (exact) mass is 396 g/mol. The van der Waals surface area contributed by atoms with Crippen LogP contribution >= 0.6 is 11.6 Å². The van der Waals surface area contributed by atoms with Crippen molar-refractivity contribution >= 4 is 33.2 Å². The highest BCUT2D eigenvalue weighted by atomic mass is 35.5. The molecule has 140 valence electrons. The number of rotatable bonds is 4. The maximum Gasteiger partial charge on any atom is 0.262 e. The van der Waals surface area contributed by atoms with E-state index in [1.165, 1.54) is 16.8 Å². The van der Waals surface area contributed by atoms with Gasteiger partial charge in [-0.3, -0.25) is 4.79 Å². The molecule has 0 aliphatic carbocycles. The molecule has 1 atom stereocenters. The molecule has 1 aliphatic heterocycles. The van der Waals surface area contributed by atoms with Crippen LogP contribution in [0.3, 0.4) is 0 Å². The van der Waals surface area contributed by atoms with Gasteiger partial charge in [-0.15, -0.1) is 0 Å². The van der Waals surface area contributed by atoms with E-state index in [4.69, 9.17) is 11.6 Å². The van der Waals surface area contributed by atoms with Crippen LogP contribution in [0.4, 0.5) is 5.69 Å². The average Bonchev–Trinajstić information content (AvgIpc) is 3.05. The molecular weight excluding hydrogens is 376 g/mol. The zero-order chi connectivity index (χ0) is 18.9. The second kappa shape index (κ2) is 7.38. The molecule has 1 fully saturated rings. The summed E-state index contributed by atoms with van der Waals surface area (Å²) in [5.74, 6) is -0.617. The van der Waals surface area contributed by atoms with E-state index >= 15 is 0 Å². The number of piperidine rings is 1. The van der Waals surface area contributed by atoms with Gasteiger partial charge in [0.15, 0.2) is 5.03 Å². The first-order valence-corrected chi connectivity index (χ1v) is 10.1. The third kappa shape index (κ3) is 3.92. The normalized spacial score (nSPS) is 18.7. The molecule has 7 nitrogen and oxygen atoms in total. The van der Waals surface area contributed by atoms with Crippen LogP contribution in [-0.4, -0.2) is 41.3 Å². The number of benzene rings is 1. The molecule has 1 aromatic carbocycles. The van der Waals surface area contributed by atoms with Gasteiger partial charge in [0.05, 0.1) is 12.2 Å². The van der Waals surface area contributed by atoms with Gasteiger partial charge in [-0.05, 0) is 37.5 Å². The van der Waals surface area contributed by atoms with E-state index in [2.05, 4.69) is 10.3 Å². The molecule has 1 aromatic heterocycles. The highest BCUT2D eigenvalue weighted by Gasteiger charge is 2.34. The van der Waals surface area contributed by atoms with E-state index in [-0.39, 0.29) is 17.5 Å². The molecule has 2 heterocycles. The van der Waals surface area contributed by atoms with Crippen LogP contribution in [0.5, 0.6) is 0 Å². The molecule has 26 heavy (non-hydrogen) atoms. The Balaban J connectivity index is 1.71. The number of amides is 1. The summed E-state index contributed by atoms with van der Waals surface area (Å²) < 4.78 is 28.3. The predicted octanol–water partition coefficient (Wildman–Crippen LogP) is 2.42. The molecule has 1 N–H and O–H groups in total.